The van der Waals surface area contributed by atoms with Gasteiger partial charge in [-0.25, -0.2) is 4.98 Å². The second-order valence-electron chi connectivity index (χ2n) is 7.27. The minimum Gasteiger partial charge on any atom is -0.381 e. The Balaban J connectivity index is 1.56. The Hall–Kier alpha value is -0.980. The molecular weight excluding hydrogens is 324 g/mol. The number of hydrogen-bond acceptors (Lipinski definition) is 5. The maximum absolute atomic E-state index is 12.1. The molecule has 1 aromatic heterocycles. The van der Waals surface area contributed by atoms with Gasteiger partial charge in [0.25, 0.3) is 0 Å². The molecule has 3 heterocycles. The van der Waals surface area contributed by atoms with Gasteiger partial charge in [0, 0.05) is 30.6 Å². The summed E-state index contributed by atoms with van der Waals surface area (Å²) >= 11 is 1.66. The highest BCUT2D eigenvalue weighted by molar-refractivity contribution is 7.16. The van der Waals surface area contributed by atoms with Crippen LogP contribution in [0.2, 0.25) is 0 Å². The molecule has 1 saturated carbocycles. The van der Waals surface area contributed by atoms with Crippen LogP contribution in [-0.4, -0.2) is 30.7 Å². The molecule has 132 valence electrons. The van der Waals surface area contributed by atoms with E-state index in [1.165, 1.54) is 4.88 Å². The zero-order valence-electron chi connectivity index (χ0n) is 14.3. The molecule has 2 saturated heterocycles. The van der Waals surface area contributed by atoms with Crippen LogP contribution in [0.25, 0.3) is 0 Å². The van der Waals surface area contributed by atoms with E-state index in [-0.39, 0.29) is 17.9 Å². The average molecular weight is 350 g/mol. The summed E-state index contributed by atoms with van der Waals surface area (Å²) in [5, 5.41) is 3.79. The predicted octanol–water partition coefficient (Wildman–Crippen LogP) is 3.87. The summed E-state index contributed by atoms with van der Waals surface area (Å²) in [4.78, 5) is 18.2. The molecule has 0 radical (unpaired) electrons. The topological polar surface area (TPSA) is 60.5 Å². The van der Waals surface area contributed by atoms with E-state index in [9.17, 15) is 4.79 Å². The van der Waals surface area contributed by atoms with Crippen molar-refractivity contribution >= 4 is 22.4 Å². The summed E-state index contributed by atoms with van der Waals surface area (Å²) in [5.74, 6) is 1.41. The van der Waals surface area contributed by atoms with Gasteiger partial charge in [0.1, 0.15) is 6.10 Å². The molecule has 0 spiro atoms. The molecule has 2 aliphatic heterocycles. The number of ether oxygens (including phenoxy) is 2. The van der Waals surface area contributed by atoms with E-state index in [4.69, 9.17) is 14.5 Å². The van der Waals surface area contributed by atoms with Gasteiger partial charge in [-0.05, 0) is 50.4 Å². The number of nitrogens with one attached hydrogen (secondary N) is 1. The summed E-state index contributed by atoms with van der Waals surface area (Å²) in [7, 11) is 0. The molecular formula is C18H26N2O3S. The van der Waals surface area contributed by atoms with Crippen molar-refractivity contribution < 1.29 is 14.3 Å². The maximum Gasteiger partial charge on any atom is 0.229 e. The first-order chi connectivity index (χ1) is 11.7. The van der Waals surface area contributed by atoms with Gasteiger partial charge < -0.3 is 14.8 Å². The monoisotopic (exact) mass is 350 g/mol. The normalized spacial score (nSPS) is 26.5. The van der Waals surface area contributed by atoms with Gasteiger partial charge in [-0.15, -0.1) is 11.3 Å². The number of nitrogens with zero attached hydrogens (tertiary/aromatic N) is 1. The Morgan fingerprint density at radius 3 is 2.67 bits per heavy atom. The van der Waals surface area contributed by atoms with Crippen molar-refractivity contribution in [2.45, 2.75) is 57.5 Å². The molecule has 1 unspecified atom stereocenters. The zero-order chi connectivity index (χ0) is 16.5. The molecule has 1 N–H and O–H groups in total. The molecule has 5 nitrogen and oxygen atoms in total. The lowest BCUT2D eigenvalue weighted by atomic mass is 9.85. The lowest BCUT2D eigenvalue weighted by molar-refractivity contribution is -0.117. The quantitative estimate of drug-likeness (QED) is 0.875. The van der Waals surface area contributed by atoms with Crippen LogP contribution < -0.4 is 5.32 Å². The fraction of sp³-hybridized carbons (Fsp3) is 0.778. The summed E-state index contributed by atoms with van der Waals surface area (Å²) in [5.41, 5.74) is 1.07. The van der Waals surface area contributed by atoms with E-state index in [0.717, 1.165) is 69.2 Å². The van der Waals surface area contributed by atoms with E-state index < -0.39 is 0 Å². The van der Waals surface area contributed by atoms with Crippen molar-refractivity contribution in [3.8, 4) is 0 Å². The zero-order valence-corrected chi connectivity index (χ0v) is 15.1. The SMILES string of the molecule is CC(c1sc(NC(=O)C2CC2)nc1[C@@H]1CCCO1)C1CCOCC1. The predicted molar refractivity (Wildman–Crippen MR) is 93.4 cm³/mol. The van der Waals surface area contributed by atoms with Crippen molar-refractivity contribution in [3.05, 3.63) is 10.6 Å². The minimum absolute atomic E-state index is 0.102. The highest BCUT2D eigenvalue weighted by atomic mass is 32.1. The average Bonchev–Trinajstić information content (AvgIpc) is 3.16. The molecule has 4 rings (SSSR count). The van der Waals surface area contributed by atoms with E-state index in [1.807, 2.05) is 0 Å². The Morgan fingerprint density at radius 2 is 2.00 bits per heavy atom. The second-order valence-corrected chi connectivity index (χ2v) is 8.30. The highest BCUT2D eigenvalue weighted by Gasteiger charge is 2.33. The van der Waals surface area contributed by atoms with Crippen molar-refractivity contribution in [2.24, 2.45) is 11.8 Å². The van der Waals surface area contributed by atoms with E-state index >= 15 is 0 Å². The van der Waals surface area contributed by atoms with Crippen molar-refractivity contribution in [3.63, 3.8) is 0 Å². The fourth-order valence-corrected chi connectivity index (χ4v) is 4.89. The van der Waals surface area contributed by atoms with Crippen LogP contribution in [0, 0.1) is 11.8 Å². The number of rotatable bonds is 5. The molecule has 24 heavy (non-hydrogen) atoms. The van der Waals surface area contributed by atoms with Crippen LogP contribution in [0.1, 0.15) is 68.0 Å². The highest BCUT2D eigenvalue weighted by Crippen LogP contribution is 2.43. The maximum atomic E-state index is 12.1. The summed E-state index contributed by atoms with van der Waals surface area (Å²) in [6, 6.07) is 0. The lowest BCUT2D eigenvalue weighted by Gasteiger charge is -2.28. The minimum atomic E-state index is 0.102. The summed E-state index contributed by atoms with van der Waals surface area (Å²) in [6.45, 7) is 4.83. The number of carbonyl (C=O) groups is 1. The Labute approximate surface area is 147 Å². The smallest absolute Gasteiger partial charge is 0.229 e. The van der Waals surface area contributed by atoms with Gasteiger partial charge in [0.15, 0.2) is 5.13 Å². The molecule has 0 aromatic carbocycles. The number of hydrogen-bond donors (Lipinski definition) is 1. The molecule has 0 bridgehead atoms. The van der Waals surface area contributed by atoms with Crippen LogP contribution in [0.15, 0.2) is 0 Å². The van der Waals surface area contributed by atoms with Crippen LogP contribution in [0.3, 0.4) is 0 Å². The number of amides is 1. The van der Waals surface area contributed by atoms with Gasteiger partial charge in [0.05, 0.1) is 5.69 Å². The first kappa shape index (κ1) is 16.5. The summed E-state index contributed by atoms with van der Waals surface area (Å²) in [6.07, 6.45) is 6.47. The van der Waals surface area contributed by atoms with Crippen molar-refractivity contribution in [1.29, 1.82) is 0 Å². The van der Waals surface area contributed by atoms with Crippen LogP contribution >= 0.6 is 11.3 Å². The molecule has 6 heteroatoms. The molecule has 3 aliphatic rings. The first-order valence-corrected chi connectivity index (χ1v) is 10.0. The standard InChI is InChI=1S/C18H26N2O3S/c1-11(12-6-9-22-10-7-12)16-15(14-3-2-8-23-14)19-18(24-16)20-17(21)13-4-5-13/h11-14H,2-10H2,1H3,(H,19,20,21)/t11?,14-/m0/s1. The van der Waals surface area contributed by atoms with Gasteiger partial charge in [-0.1, -0.05) is 6.92 Å². The number of anilines is 1. The van der Waals surface area contributed by atoms with Gasteiger partial charge in [-0.3, -0.25) is 4.79 Å². The second kappa shape index (κ2) is 7.10. The third-order valence-electron chi connectivity index (χ3n) is 5.48. The number of thiazole rings is 1. The molecule has 2 atom stereocenters. The third-order valence-corrected chi connectivity index (χ3v) is 6.67. The summed E-state index contributed by atoms with van der Waals surface area (Å²) < 4.78 is 11.4. The third kappa shape index (κ3) is 3.51. The molecule has 1 amide bonds. The Kier molecular flexibility index (Phi) is 4.88. The Bertz CT molecular complexity index is 587. The molecule has 1 aromatic rings. The van der Waals surface area contributed by atoms with E-state index in [1.54, 1.807) is 11.3 Å². The van der Waals surface area contributed by atoms with Crippen LogP contribution in [0.5, 0.6) is 0 Å². The van der Waals surface area contributed by atoms with Gasteiger partial charge in [-0.2, -0.15) is 0 Å². The van der Waals surface area contributed by atoms with E-state index in [2.05, 4.69) is 12.2 Å². The first-order valence-electron chi connectivity index (χ1n) is 9.23. The van der Waals surface area contributed by atoms with Crippen molar-refractivity contribution in [2.75, 3.05) is 25.1 Å². The van der Waals surface area contributed by atoms with E-state index in [0.29, 0.717) is 11.8 Å². The van der Waals surface area contributed by atoms with Gasteiger partial charge >= 0.3 is 0 Å². The van der Waals surface area contributed by atoms with Crippen LogP contribution in [-0.2, 0) is 14.3 Å². The largest absolute Gasteiger partial charge is 0.381 e. The van der Waals surface area contributed by atoms with Gasteiger partial charge in [0.2, 0.25) is 5.91 Å². The number of aromatic nitrogens is 1. The number of carbonyl (C=O) groups excluding carboxylic acids is 1. The Morgan fingerprint density at radius 1 is 1.21 bits per heavy atom. The van der Waals surface area contributed by atoms with Crippen molar-refractivity contribution in [1.82, 2.24) is 4.98 Å². The molecule has 1 aliphatic carbocycles. The fourth-order valence-electron chi connectivity index (χ4n) is 3.73. The van der Waals surface area contributed by atoms with Crippen LogP contribution in [0.4, 0.5) is 5.13 Å². The lowest BCUT2D eigenvalue weighted by Crippen LogP contribution is -2.21. The molecule has 3 fully saturated rings.